The van der Waals surface area contributed by atoms with Gasteiger partial charge in [-0.1, -0.05) is 52.4 Å². The molecule has 0 N–H and O–H groups in total. The third kappa shape index (κ3) is 8.17. The lowest BCUT2D eigenvalue weighted by molar-refractivity contribution is 0.647. The van der Waals surface area contributed by atoms with E-state index in [2.05, 4.69) is 32.6 Å². The average Bonchev–Trinajstić information content (AvgIpc) is 2.22. The van der Waals surface area contributed by atoms with Crippen LogP contribution in [0.1, 0.15) is 58.3 Å². The molecule has 0 aromatic carbocycles. The van der Waals surface area contributed by atoms with E-state index in [1.54, 1.807) is 0 Å². The van der Waals surface area contributed by atoms with Crippen molar-refractivity contribution in [2.45, 2.75) is 58.3 Å². The predicted octanol–water partition coefficient (Wildman–Crippen LogP) is 4.41. The van der Waals surface area contributed by atoms with E-state index >= 15 is 0 Å². The van der Waals surface area contributed by atoms with Crippen molar-refractivity contribution in [1.82, 2.24) is 0 Å². The van der Waals surface area contributed by atoms with Gasteiger partial charge in [-0.15, -0.1) is 5.92 Å². The van der Waals surface area contributed by atoms with Crippen LogP contribution in [0, 0.1) is 31.6 Å². The first-order valence-corrected chi connectivity index (χ1v) is 5.92. The Bertz CT molecular complexity index is 155. The van der Waals surface area contributed by atoms with Crippen LogP contribution in [-0.2, 0) is 0 Å². The van der Waals surface area contributed by atoms with Crippen LogP contribution < -0.4 is 0 Å². The molecule has 0 aromatic heterocycles. The second-order valence-electron chi connectivity index (χ2n) is 3.73. The highest BCUT2D eigenvalue weighted by molar-refractivity contribution is 5.03. The summed E-state index contributed by atoms with van der Waals surface area (Å²) >= 11 is 0. The lowest BCUT2D eigenvalue weighted by atomic mass is 10.0. The van der Waals surface area contributed by atoms with Gasteiger partial charge in [-0.3, -0.25) is 0 Å². The van der Waals surface area contributed by atoms with Gasteiger partial charge in [0.15, 0.2) is 0 Å². The van der Waals surface area contributed by atoms with Gasteiger partial charge >= 0.3 is 0 Å². The van der Waals surface area contributed by atoms with Gasteiger partial charge in [-0.2, -0.15) is 0 Å². The maximum absolute atomic E-state index is 3.89. The summed E-state index contributed by atoms with van der Waals surface area (Å²) in [5.41, 5.74) is 0. The molecule has 0 fully saturated rings. The molecule has 0 saturated carbocycles. The standard InChI is InChI=1S/C14H24/c1-4-7-8-9-10-11-12-13-14(5-2)6-3/h14H,1-2,4-11H2,3H3. The number of unbranched alkanes of at least 4 members (excludes halogenated alkanes) is 5. The Balaban J connectivity index is 3.32. The number of hydrogen-bond donors (Lipinski definition) is 0. The zero-order valence-electron chi connectivity index (χ0n) is 9.65. The van der Waals surface area contributed by atoms with E-state index in [1.807, 2.05) is 0 Å². The first-order chi connectivity index (χ1) is 6.85. The van der Waals surface area contributed by atoms with Gasteiger partial charge in [0.1, 0.15) is 0 Å². The second-order valence-corrected chi connectivity index (χ2v) is 3.73. The Labute approximate surface area is 90.5 Å². The zero-order valence-corrected chi connectivity index (χ0v) is 9.65. The highest BCUT2D eigenvalue weighted by Crippen LogP contribution is 2.06. The van der Waals surface area contributed by atoms with Gasteiger partial charge in [0, 0.05) is 12.3 Å². The quantitative estimate of drug-likeness (QED) is 0.414. The van der Waals surface area contributed by atoms with Crippen molar-refractivity contribution in [1.29, 1.82) is 0 Å². The number of rotatable bonds is 7. The molecule has 1 atom stereocenters. The molecule has 0 aromatic rings. The molecule has 0 heterocycles. The molecule has 0 nitrogen and oxygen atoms in total. The van der Waals surface area contributed by atoms with Crippen LogP contribution in [-0.4, -0.2) is 0 Å². The molecule has 0 aliphatic carbocycles. The van der Waals surface area contributed by atoms with Crippen LogP contribution in [0.5, 0.6) is 0 Å². The fourth-order valence-electron chi connectivity index (χ4n) is 1.34. The van der Waals surface area contributed by atoms with Crippen LogP contribution in [0.2, 0.25) is 0 Å². The second kappa shape index (κ2) is 10.6. The molecular formula is C14H24. The third-order valence-corrected chi connectivity index (χ3v) is 2.45. The average molecular weight is 192 g/mol. The smallest absolute Gasteiger partial charge is 0.0200 e. The Morgan fingerprint density at radius 3 is 2.36 bits per heavy atom. The SMILES string of the molecule is [CH2]CCCCCCC#CC(C[CH2])CC. The van der Waals surface area contributed by atoms with E-state index in [-0.39, 0.29) is 0 Å². The molecule has 0 spiro atoms. The first kappa shape index (κ1) is 13.6. The van der Waals surface area contributed by atoms with Crippen molar-refractivity contribution < 1.29 is 0 Å². The minimum Gasteiger partial charge on any atom is -0.103 e. The Hall–Kier alpha value is -0.440. The Kier molecular flexibility index (Phi) is 10.3. The van der Waals surface area contributed by atoms with Crippen molar-refractivity contribution in [3.05, 3.63) is 13.8 Å². The maximum Gasteiger partial charge on any atom is 0.0200 e. The molecule has 14 heavy (non-hydrogen) atoms. The summed E-state index contributed by atoms with van der Waals surface area (Å²) in [5, 5.41) is 0. The molecule has 0 aliphatic heterocycles. The van der Waals surface area contributed by atoms with E-state index < -0.39 is 0 Å². The monoisotopic (exact) mass is 192 g/mol. The molecule has 0 aliphatic rings. The fraction of sp³-hybridized carbons (Fsp3) is 0.714. The normalized spacial score (nSPS) is 10.0. The summed E-state index contributed by atoms with van der Waals surface area (Å²) in [4.78, 5) is 0. The van der Waals surface area contributed by atoms with Gasteiger partial charge in [-0.05, 0) is 19.3 Å². The number of hydrogen-bond acceptors (Lipinski definition) is 0. The summed E-state index contributed by atoms with van der Waals surface area (Å²) in [5.74, 6) is 7.07. The summed E-state index contributed by atoms with van der Waals surface area (Å²) in [7, 11) is 0. The Morgan fingerprint density at radius 1 is 1.07 bits per heavy atom. The van der Waals surface area contributed by atoms with E-state index in [0.29, 0.717) is 5.92 Å². The van der Waals surface area contributed by atoms with Crippen LogP contribution >= 0.6 is 0 Å². The molecule has 0 saturated heterocycles. The van der Waals surface area contributed by atoms with Crippen molar-refractivity contribution in [2.75, 3.05) is 0 Å². The van der Waals surface area contributed by atoms with E-state index in [0.717, 1.165) is 25.7 Å². The maximum atomic E-state index is 3.89. The van der Waals surface area contributed by atoms with Crippen LogP contribution in [0.4, 0.5) is 0 Å². The summed E-state index contributed by atoms with van der Waals surface area (Å²) < 4.78 is 0. The molecular weight excluding hydrogens is 168 g/mol. The van der Waals surface area contributed by atoms with Crippen molar-refractivity contribution in [3.8, 4) is 11.8 Å². The molecule has 2 radical (unpaired) electrons. The Morgan fingerprint density at radius 2 is 1.79 bits per heavy atom. The van der Waals surface area contributed by atoms with Crippen molar-refractivity contribution >= 4 is 0 Å². The topological polar surface area (TPSA) is 0 Å². The van der Waals surface area contributed by atoms with Crippen LogP contribution in [0.3, 0.4) is 0 Å². The summed E-state index contributed by atoms with van der Waals surface area (Å²) in [6, 6.07) is 0. The van der Waals surface area contributed by atoms with Crippen LogP contribution in [0.25, 0.3) is 0 Å². The van der Waals surface area contributed by atoms with E-state index in [4.69, 9.17) is 0 Å². The molecule has 0 rings (SSSR count). The van der Waals surface area contributed by atoms with Gasteiger partial charge in [-0.25, -0.2) is 0 Å². The van der Waals surface area contributed by atoms with E-state index in [1.165, 1.54) is 25.7 Å². The fourth-order valence-corrected chi connectivity index (χ4v) is 1.34. The predicted molar refractivity (Wildman–Crippen MR) is 64.6 cm³/mol. The largest absolute Gasteiger partial charge is 0.103 e. The third-order valence-electron chi connectivity index (χ3n) is 2.45. The summed E-state index contributed by atoms with van der Waals surface area (Å²) in [6.45, 7) is 9.90. The van der Waals surface area contributed by atoms with Gasteiger partial charge < -0.3 is 0 Å². The molecule has 0 heteroatoms. The minimum absolute atomic E-state index is 0.523. The van der Waals surface area contributed by atoms with Crippen molar-refractivity contribution in [3.63, 3.8) is 0 Å². The lowest BCUT2D eigenvalue weighted by Crippen LogP contribution is -1.91. The highest BCUT2D eigenvalue weighted by Gasteiger charge is 1.95. The minimum atomic E-state index is 0.523. The van der Waals surface area contributed by atoms with Crippen molar-refractivity contribution in [2.24, 2.45) is 5.92 Å². The zero-order chi connectivity index (χ0) is 10.6. The van der Waals surface area contributed by atoms with E-state index in [9.17, 15) is 0 Å². The molecule has 0 bridgehead atoms. The molecule has 1 unspecified atom stereocenters. The molecule has 0 amide bonds. The van der Waals surface area contributed by atoms with Crippen LogP contribution in [0.15, 0.2) is 0 Å². The summed E-state index contributed by atoms with van der Waals surface area (Å²) in [6.07, 6.45) is 9.37. The van der Waals surface area contributed by atoms with Gasteiger partial charge in [0.05, 0.1) is 0 Å². The van der Waals surface area contributed by atoms with Gasteiger partial charge in [0.25, 0.3) is 0 Å². The van der Waals surface area contributed by atoms with Gasteiger partial charge in [0.2, 0.25) is 0 Å². The lowest BCUT2D eigenvalue weighted by Gasteiger charge is -2.00. The highest BCUT2D eigenvalue weighted by atomic mass is 14.0. The molecule has 80 valence electrons. The first-order valence-electron chi connectivity index (χ1n) is 5.92.